The second-order valence-electron chi connectivity index (χ2n) is 5.74. The van der Waals surface area contributed by atoms with E-state index in [1.165, 1.54) is 19.3 Å². The van der Waals surface area contributed by atoms with Crippen molar-refractivity contribution in [1.29, 1.82) is 0 Å². The molecule has 0 spiro atoms. The molecule has 1 aliphatic rings. The van der Waals surface area contributed by atoms with Crippen LogP contribution in [0.1, 0.15) is 45.4 Å². The molecule has 1 aromatic heterocycles. The number of nitrogens with one attached hydrogen (secondary N) is 2. The van der Waals surface area contributed by atoms with Crippen LogP contribution in [0.15, 0.2) is 18.5 Å². The first-order valence-corrected chi connectivity index (χ1v) is 7.74. The van der Waals surface area contributed by atoms with Crippen LogP contribution in [0.2, 0.25) is 0 Å². The van der Waals surface area contributed by atoms with Crippen molar-refractivity contribution >= 4 is 5.91 Å². The summed E-state index contributed by atoms with van der Waals surface area (Å²) in [6.07, 6.45) is 10.4. The molecule has 1 aliphatic carbocycles. The molecule has 1 saturated carbocycles. The molecule has 0 unspecified atom stereocenters. The Balaban J connectivity index is 1.56. The van der Waals surface area contributed by atoms with Gasteiger partial charge in [-0.1, -0.05) is 19.3 Å². The van der Waals surface area contributed by atoms with Gasteiger partial charge in [-0.25, -0.2) is 0 Å². The van der Waals surface area contributed by atoms with E-state index in [0.717, 1.165) is 25.9 Å². The SMILES string of the molecule is C[C@@H](Cn1cccn1)NCCC(=O)NC1CCCCC1. The van der Waals surface area contributed by atoms with Gasteiger partial charge in [0.05, 0.1) is 6.54 Å². The average Bonchev–Trinajstić information content (AvgIpc) is 2.92. The van der Waals surface area contributed by atoms with Crippen LogP contribution in [0.4, 0.5) is 0 Å². The minimum absolute atomic E-state index is 0.177. The zero-order valence-corrected chi connectivity index (χ0v) is 12.3. The van der Waals surface area contributed by atoms with Crippen LogP contribution in [0.25, 0.3) is 0 Å². The van der Waals surface area contributed by atoms with E-state index in [-0.39, 0.29) is 5.91 Å². The molecule has 5 heteroatoms. The third-order valence-corrected chi connectivity index (χ3v) is 3.84. The quantitative estimate of drug-likeness (QED) is 0.798. The Kier molecular flexibility index (Phi) is 6.05. The molecule has 1 aromatic rings. The van der Waals surface area contributed by atoms with E-state index in [0.29, 0.717) is 18.5 Å². The topological polar surface area (TPSA) is 59.0 Å². The maximum absolute atomic E-state index is 11.8. The minimum Gasteiger partial charge on any atom is -0.353 e. The van der Waals surface area contributed by atoms with Crippen LogP contribution >= 0.6 is 0 Å². The maximum atomic E-state index is 11.8. The summed E-state index contributed by atoms with van der Waals surface area (Å²) in [5.41, 5.74) is 0. The fraction of sp³-hybridized carbons (Fsp3) is 0.733. The molecular formula is C15H26N4O. The van der Waals surface area contributed by atoms with Gasteiger partial charge in [-0.2, -0.15) is 5.10 Å². The lowest BCUT2D eigenvalue weighted by atomic mass is 9.95. The smallest absolute Gasteiger partial charge is 0.221 e. The second-order valence-corrected chi connectivity index (χ2v) is 5.74. The van der Waals surface area contributed by atoms with Crippen LogP contribution < -0.4 is 10.6 Å². The van der Waals surface area contributed by atoms with Gasteiger partial charge in [-0.3, -0.25) is 9.48 Å². The summed E-state index contributed by atoms with van der Waals surface area (Å²) < 4.78 is 1.90. The van der Waals surface area contributed by atoms with Gasteiger partial charge in [-0.05, 0) is 25.8 Å². The lowest BCUT2D eigenvalue weighted by Gasteiger charge is -2.23. The van der Waals surface area contributed by atoms with E-state index in [4.69, 9.17) is 0 Å². The van der Waals surface area contributed by atoms with Crippen molar-refractivity contribution in [1.82, 2.24) is 20.4 Å². The Morgan fingerprint density at radius 1 is 1.40 bits per heavy atom. The first kappa shape index (κ1) is 15.0. The summed E-state index contributed by atoms with van der Waals surface area (Å²) in [6, 6.07) is 2.65. The Labute approximate surface area is 121 Å². The van der Waals surface area contributed by atoms with Crippen molar-refractivity contribution < 1.29 is 4.79 Å². The Hall–Kier alpha value is -1.36. The predicted molar refractivity (Wildman–Crippen MR) is 79.3 cm³/mol. The molecular weight excluding hydrogens is 252 g/mol. The summed E-state index contributed by atoms with van der Waals surface area (Å²) in [5, 5.41) is 10.7. The zero-order valence-electron chi connectivity index (χ0n) is 12.3. The molecule has 0 saturated heterocycles. The number of amides is 1. The van der Waals surface area contributed by atoms with Crippen molar-refractivity contribution in [3.63, 3.8) is 0 Å². The highest BCUT2D eigenvalue weighted by molar-refractivity contribution is 5.76. The molecule has 1 amide bonds. The van der Waals surface area contributed by atoms with Crippen LogP contribution in [0.3, 0.4) is 0 Å². The summed E-state index contributed by atoms with van der Waals surface area (Å²) in [7, 11) is 0. The Morgan fingerprint density at radius 3 is 2.90 bits per heavy atom. The number of nitrogens with zero attached hydrogens (tertiary/aromatic N) is 2. The molecule has 0 radical (unpaired) electrons. The maximum Gasteiger partial charge on any atom is 0.221 e. The zero-order chi connectivity index (χ0) is 14.2. The van der Waals surface area contributed by atoms with Gasteiger partial charge >= 0.3 is 0 Å². The normalized spacial score (nSPS) is 17.9. The summed E-state index contributed by atoms with van der Waals surface area (Å²) in [4.78, 5) is 11.8. The monoisotopic (exact) mass is 278 g/mol. The minimum atomic E-state index is 0.177. The van der Waals surface area contributed by atoms with E-state index >= 15 is 0 Å². The molecule has 0 aliphatic heterocycles. The number of hydrogen-bond donors (Lipinski definition) is 2. The molecule has 1 heterocycles. The van der Waals surface area contributed by atoms with Crippen LogP contribution in [-0.4, -0.2) is 34.3 Å². The van der Waals surface area contributed by atoms with Gasteiger partial charge in [0.25, 0.3) is 0 Å². The third kappa shape index (κ3) is 5.33. The van der Waals surface area contributed by atoms with E-state index in [2.05, 4.69) is 22.7 Å². The number of rotatable bonds is 7. The fourth-order valence-corrected chi connectivity index (χ4v) is 2.73. The van der Waals surface area contributed by atoms with Gasteiger partial charge < -0.3 is 10.6 Å². The van der Waals surface area contributed by atoms with Crippen molar-refractivity contribution in [3.8, 4) is 0 Å². The average molecular weight is 278 g/mol. The van der Waals surface area contributed by atoms with Crippen LogP contribution in [0.5, 0.6) is 0 Å². The molecule has 20 heavy (non-hydrogen) atoms. The summed E-state index contributed by atoms with van der Waals surface area (Å²) in [6.45, 7) is 3.67. The number of carbonyl (C=O) groups is 1. The summed E-state index contributed by atoms with van der Waals surface area (Å²) in [5.74, 6) is 0.177. The van der Waals surface area contributed by atoms with Crippen LogP contribution in [0, 0.1) is 0 Å². The summed E-state index contributed by atoms with van der Waals surface area (Å²) >= 11 is 0. The fourth-order valence-electron chi connectivity index (χ4n) is 2.73. The molecule has 5 nitrogen and oxygen atoms in total. The van der Waals surface area contributed by atoms with Crippen molar-refractivity contribution in [2.24, 2.45) is 0 Å². The van der Waals surface area contributed by atoms with E-state index in [9.17, 15) is 4.79 Å². The van der Waals surface area contributed by atoms with E-state index < -0.39 is 0 Å². The van der Waals surface area contributed by atoms with Gasteiger partial charge in [-0.15, -0.1) is 0 Å². The first-order chi connectivity index (χ1) is 9.74. The van der Waals surface area contributed by atoms with Crippen molar-refractivity contribution in [2.45, 2.75) is 64.1 Å². The lowest BCUT2D eigenvalue weighted by Crippen LogP contribution is -2.39. The van der Waals surface area contributed by atoms with Crippen molar-refractivity contribution in [3.05, 3.63) is 18.5 Å². The van der Waals surface area contributed by atoms with Crippen LogP contribution in [-0.2, 0) is 11.3 Å². The molecule has 112 valence electrons. The molecule has 1 atom stereocenters. The highest BCUT2D eigenvalue weighted by Gasteiger charge is 2.15. The van der Waals surface area contributed by atoms with Gasteiger partial charge in [0, 0.05) is 37.4 Å². The molecule has 2 rings (SSSR count). The predicted octanol–water partition coefficient (Wildman–Crippen LogP) is 1.70. The lowest BCUT2D eigenvalue weighted by molar-refractivity contribution is -0.121. The van der Waals surface area contributed by atoms with Crippen molar-refractivity contribution in [2.75, 3.05) is 6.54 Å². The molecule has 2 N–H and O–H groups in total. The van der Waals surface area contributed by atoms with Gasteiger partial charge in [0.2, 0.25) is 5.91 Å². The number of aromatic nitrogens is 2. The number of carbonyl (C=O) groups excluding carboxylic acids is 1. The third-order valence-electron chi connectivity index (χ3n) is 3.84. The Morgan fingerprint density at radius 2 is 2.20 bits per heavy atom. The standard InChI is InChI=1S/C15H26N4O/c1-13(12-19-11-5-9-17-19)16-10-8-15(20)18-14-6-3-2-4-7-14/h5,9,11,13-14,16H,2-4,6-8,10,12H2,1H3,(H,18,20)/t13-/m0/s1. The largest absolute Gasteiger partial charge is 0.353 e. The van der Waals surface area contributed by atoms with E-state index in [1.54, 1.807) is 6.20 Å². The Bertz CT molecular complexity index is 385. The van der Waals surface area contributed by atoms with Gasteiger partial charge in [0.1, 0.15) is 0 Å². The first-order valence-electron chi connectivity index (χ1n) is 7.74. The highest BCUT2D eigenvalue weighted by Crippen LogP contribution is 2.17. The number of hydrogen-bond acceptors (Lipinski definition) is 3. The van der Waals surface area contributed by atoms with E-state index in [1.807, 2.05) is 16.9 Å². The molecule has 1 fully saturated rings. The molecule has 0 bridgehead atoms. The highest BCUT2D eigenvalue weighted by atomic mass is 16.1. The second kappa shape index (κ2) is 8.04. The molecule has 0 aromatic carbocycles. The van der Waals surface area contributed by atoms with Gasteiger partial charge in [0.15, 0.2) is 0 Å².